The van der Waals surface area contributed by atoms with Gasteiger partial charge in [0.2, 0.25) is 0 Å². The van der Waals surface area contributed by atoms with Crippen molar-refractivity contribution in [1.29, 1.82) is 0 Å². The van der Waals surface area contributed by atoms with Gasteiger partial charge in [0, 0.05) is 19.4 Å². The van der Waals surface area contributed by atoms with Crippen LogP contribution in [0.3, 0.4) is 0 Å². The summed E-state index contributed by atoms with van der Waals surface area (Å²) >= 11 is 0. The number of amides is 1. The highest BCUT2D eigenvalue weighted by molar-refractivity contribution is 6.07. The molecule has 0 aliphatic carbocycles. The fourth-order valence-electron chi connectivity index (χ4n) is 1.57. The maximum atomic E-state index is 12.1. The van der Waals surface area contributed by atoms with Crippen LogP contribution in [0.5, 0.6) is 0 Å². The number of hydrogen-bond donors (Lipinski definition) is 2. The van der Waals surface area contributed by atoms with E-state index < -0.39 is 0 Å². The largest absolute Gasteiger partial charge is 0.372 e. The summed E-state index contributed by atoms with van der Waals surface area (Å²) in [7, 11) is 1.73. The first kappa shape index (κ1) is 12.0. The molecule has 0 aromatic carbocycles. The van der Waals surface area contributed by atoms with Gasteiger partial charge in [-0.05, 0) is 30.7 Å². The van der Waals surface area contributed by atoms with Gasteiger partial charge in [0.1, 0.15) is 5.82 Å². The maximum Gasteiger partial charge on any atom is 0.259 e. The van der Waals surface area contributed by atoms with E-state index in [0.29, 0.717) is 17.1 Å². The van der Waals surface area contributed by atoms with Crippen molar-refractivity contribution in [1.82, 2.24) is 9.97 Å². The molecular formula is C13H14N4O. The van der Waals surface area contributed by atoms with Crippen LogP contribution in [0, 0.1) is 6.92 Å². The summed E-state index contributed by atoms with van der Waals surface area (Å²) < 4.78 is 0. The molecule has 2 aromatic rings. The van der Waals surface area contributed by atoms with Crippen molar-refractivity contribution >= 4 is 17.4 Å². The highest BCUT2D eigenvalue weighted by Gasteiger charge is 2.12. The molecule has 0 aliphatic rings. The SMILES string of the molecule is CNc1ncccc1C(=O)Nc1cnccc1C. The molecule has 2 N–H and O–H groups in total. The molecule has 0 radical (unpaired) electrons. The van der Waals surface area contributed by atoms with E-state index in [1.54, 1.807) is 37.8 Å². The van der Waals surface area contributed by atoms with Crippen LogP contribution in [0.25, 0.3) is 0 Å². The summed E-state index contributed by atoms with van der Waals surface area (Å²) in [5.41, 5.74) is 2.17. The van der Waals surface area contributed by atoms with Crippen LogP contribution in [0.2, 0.25) is 0 Å². The monoisotopic (exact) mass is 242 g/mol. The summed E-state index contributed by atoms with van der Waals surface area (Å²) in [6.07, 6.45) is 4.95. The Hall–Kier alpha value is -2.43. The molecule has 0 saturated heterocycles. The maximum absolute atomic E-state index is 12.1. The highest BCUT2D eigenvalue weighted by atomic mass is 16.1. The first-order valence-electron chi connectivity index (χ1n) is 5.57. The molecule has 0 saturated carbocycles. The Labute approximate surface area is 105 Å². The lowest BCUT2D eigenvalue weighted by atomic mass is 10.2. The minimum Gasteiger partial charge on any atom is -0.372 e. The van der Waals surface area contributed by atoms with Gasteiger partial charge in [0.05, 0.1) is 17.4 Å². The number of rotatable bonds is 3. The van der Waals surface area contributed by atoms with Crippen molar-refractivity contribution in [2.45, 2.75) is 6.92 Å². The molecule has 92 valence electrons. The number of hydrogen-bond acceptors (Lipinski definition) is 4. The van der Waals surface area contributed by atoms with Crippen molar-refractivity contribution in [2.75, 3.05) is 17.7 Å². The Morgan fingerprint density at radius 2 is 2.11 bits per heavy atom. The molecule has 18 heavy (non-hydrogen) atoms. The van der Waals surface area contributed by atoms with Crippen LogP contribution in [0.15, 0.2) is 36.8 Å². The summed E-state index contributed by atoms with van der Waals surface area (Å²) in [6.45, 7) is 1.92. The fourth-order valence-corrected chi connectivity index (χ4v) is 1.57. The van der Waals surface area contributed by atoms with Gasteiger partial charge >= 0.3 is 0 Å². The summed E-state index contributed by atoms with van der Waals surface area (Å²) in [5.74, 6) is 0.347. The molecule has 0 fully saturated rings. The molecular weight excluding hydrogens is 228 g/mol. The number of nitrogens with zero attached hydrogens (tertiary/aromatic N) is 2. The molecule has 2 rings (SSSR count). The zero-order chi connectivity index (χ0) is 13.0. The molecule has 0 bridgehead atoms. The standard InChI is InChI=1S/C13H14N4O/c1-9-5-7-15-8-11(9)17-13(18)10-4-3-6-16-12(10)14-2/h3-8H,1-2H3,(H,14,16)(H,17,18). The van der Waals surface area contributed by atoms with E-state index in [9.17, 15) is 4.79 Å². The van der Waals surface area contributed by atoms with Crippen molar-refractivity contribution in [3.8, 4) is 0 Å². The lowest BCUT2D eigenvalue weighted by molar-refractivity contribution is 0.102. The van der Waals surface area contributed by atoms with Crippen LogP contribution in [-0.4, -0.2) is 22.9 Å². The molecule has 0 atom stereocenters. The zero-order valence-electron chi connectivity index (χ0n) is 10.3. The Bertz CT molecular complexity index is 568. The van der Waals surface area contributed by atoms with Crippen LogP contribution >= 0.6 is 0 Å². The number of carbonyl (C=O) groups excluding carboxylic acids is 1. The third kappa shape index (κ3) is 2.45. The van der Waals surface area contributed by atoms with Crippen molar-refractivity contribution in [3.63, 3.8) is 0 Å². The van der Waals surface area contributed by atoms with Gasteiger partial charge in [-0.25, -0.2) is 4.98 Å². The molecule has 5 nitrogen and oxygen atoms in total. The Balaban J connectivity index is 2.25. The first-order chi connectivity index (χ1) is 8.72. The van der Waals surface area contributed by atoms with Gasteiger partial charge in [0.25, 0.3) is 5.91 Å². The topological polar surface area (TPSA) is 66.9 Å². The normalized spacial score (nSPS) is 9.89. The van der Waals surface area contributed by atoms with E-state index in [-0.39, 0.29) is 5.91 Å². The second-order valence-corrected chi connectivity index (χ2v) is 3.79. The smallest absolute Gasteiger partial charge is 0.259 e. The summed E-state index contributed by atoms with van der Waals surface area (Å²) in [4.78, 5) is 20.2. The van der Waals surface area contributed by atoms with Crippen LogP contribution < -0.4 is 10.6 Å². The summed E-state index contributed by atoms with van der Waals surface area (Å²) in [6, 6.07) is 5.30. The number of pyridine rings is 2. The molecule has 2 heterocycles. The second-order valence-electron chi connectivity index (χ2n) is 3.79. The molecule has 0 unspecified atom stereocenters. The van der Waals surface area contributed by atoms with Gasteiger partial charge < -0.3 is 10.6 Å². The lowest BCUT2D eigenvalue weighted by Crippen LogP contribution is -2.15. The third-order valence-electron chi connectivity index (χ3n) is 2.58. The molecule has 1 amide bonds. The van der Waals surface area contributed by atoms with E-state index in [1.165, 1.54) is 0 Å². The summed E-state index contributed by atoms with van der Waals surface area (Å²) in [5, 5.41) is 5.71. The van der Waals surface area contributed by atoms with Crippen molar-refractivity contribution < 1.29 is 4.79 Å². The lowest BCUT2D eigenvalue weighted by Gasteiger charge is -2.09. The van der Waals surface area contributed by atoms with Crippen molar-refractivity contribution in [2.24, 2.45) is 0 Å². The van der Waals surface area contributed by atoms with E-state index in [1.807, 2.05) is 13.0 Å². The van der Waals surface area contributed by atoms with E-state index in [0.717, 1.165) is 5.56 Å². The third-order valence-corrected chi connectivity index (χ3v) is 2.58. The van der Waals surface area contributed by atoms with Gasteiger partial charge in [-0.1, -0.05) is 0 Å². The van der Waals surface area contributed by atoms with Gasteiger partial charge in [-0.15, -0.1) is 0 Å². The van der Waals surface area contributed by atoms with Gasteiger partial charge in [-0.2, -0.15) is 0 Å². The molecule has 0 spiro atoms. The quantitative estimate of drug-likeness (QED) is 0.864. The number of anilines is 2. The van der Waals surface area contributed by atoms with Crippen LogP contribution in [-0.2, 0) is 0 Å². The second kappa shape index (κ2) is 5.27. The van der Waals surface area contributed by atoms with Crippen molar-refractivity contribution in [3.05, 3.63) is 47.9 Å². The van der Waals surface area contributed by atoms with E-state index in [4.69, 9.17) is 0 Å². The average Bonchev–Trinajstić information content (AvgIpc) is 2.41. The van der Waals surface area contributed by atoms with Crippen LogP contribution in [0.4, 0.5) is 11.5 Å². The predicted octanol–water partition coefficient (Wildman–Crippen LogP) is 2.08. The number of carbonyl (C=O) groups is 1. The highest BCUT2D eigenvalue weighted by Crippen LogP contribution is 2.16. The number of aromatic nitrogens is 2. The van der Waals surface area contributed by atoms with Gasteiger partial charge in [0.15, 0.2) is 0 Å². The Kier molecular flexibility index (Phi) is 3.52. The Morgan fingerprint density at radius 1 is 1.28 bits per heavy atom. The number of aryl methyl sites for hydroxylation is 1. The molecule has 0 aliphatic heterocycles. The Morgan fingerprint density at radius 3 is 2.83 bits per heavy atom. The fraction of sp³-hybridized carbons (Fsp3) is 0.154. The first-order valence-corrected chi connectivity index (χ1v) is 5.57. The van der Waals surface area contributed by atoms with E-state index in [2.05, 4.69) is 20.6 Å². The number of nitrogens with one attached hydrogen (secondary N) is 2. The average molecular weight is 242 g/mol. The minimum absolute atomic E-state index is 0.205. The van der Waals surface area contributed by atoms with Crippen LogP contribution in [0.1, 0.15) is 15.9 Å². The van der Waals surface area contributed by atoms with Gasteiger partial charge in [-0.3, -0.25) is 9.78 Å². The predicted molar refractivity (Wildman–Crippen MR) is 70.7 cm³/mol. The molecule has 2 aromatic heterocycles. The minimum atomic E-state index is -0.205. The zero-order valence-corrected chi connectivity index (χ0v) is 10.3. The van der Waals surface area contributed by atoms with E-state index >= 15 is 0 Å². The molecule has 5 heteroatoms.